The lowest BCUT2D eigenvalue weighted by molar-refractivity contribution is -0.139. The van der Waals surface area contributed by atoms with E-state index in [0.717, 1.165) is 16.8 Å². The Morgan fingerprint density at radius 2 is 2.26 bits per heavy atom. The summed E-state index contributed by atoms with van der Waals surface area (Å²) in [7, 11) is 1.81. The lowest BCUT2D eigenvalue weighted by Crippen LogP contribution is -2.21. The first-order valence-electron chi connectivity index (χ1n) is 6.42. The number of amides is 1. The Morgan fingerprint density at radius 1 is 1.47 bits per heavy atom. The fourth-order valence-electron chi connectivity index (χ4n) is 2.34. The van der Waals surface area contributed by atoms with E-state index in [1.54, 1.807) is 19.2 Å². The molecule has 1 amide bonds. The summed E-state index contributed by atoms with van der Waals surface area (Å²) in [6, 6.07) is 5.50. The smallest absolute Gasteiger partial charge is 0.311 e. The quantitative estimate of drug-likeness (QED) is 0.748. The maximum Gasteiger partial charge on any atom is 0.311 e. The van der Waals surface area contributed by atoms with Crippen LogP contribution in [0.4, 0.5) is 5.69 Å². The topological polar surface area (TPSA) is 78.4 Å². The molecule has 5 nitrogen and oxygen atoms in total. The number of carbonyl (C=O) groups excluding carboxylic acids is 1. The van der Waals surface area contributed by atoms with Crippen molar-refractivity contribution in [1.82, 2.24) is 5.32 Å². The van der Waals surface area contributed by atoms with Crippen molar-refractivity contribution in [3.63, 3.8) is 0 Å². The maximum absolute atomic E-state index is 11.3. The fraction of sp³-hybridized carbons (Fsp3) is 0.429. The number of aliphatic carboxylic acids is 1. The summed E-state index contributed by atoms with van der Waals surface area (Å²) < 4.78 is 0. The number of nitrogens with one attached hydrogen (secondary N) is 2. The summed E-state index contributed by atoms with van der Waals surface area (Å²) in [5.41, 5.74) is 2.63. The van der Waals surface area contributed by atoms with Crippen molar-refractivity contribution in [2.45, 2.75) is 25.2 Å². The summed E-state index contributed by atoms with van der Waals surface area (Å²) in [5.74, 6) is -1.30. The Morgan fingerprint density at radius 3 is 2.95 bits per heavy atom. The van der Waals surface area contributed by atoms with E-state index in [-0.39, 0.29) is 5.91 Å². The van der Waals surface area contributed by atoms with Crippen LogP contribution in [0.3, 0.4) is 0 Å². The van der Waals surface area contributed by atoms with Gasteiger partial charge in [0.15, 0.2) is 0 Å². The molecule has 0 saturated carbocycles. The van der Waals surface area contributed by atoms with Gasteiger partial charge < -0.3 is 15.7 Å². The average Bonchev–Trinajstić information content (AvgIpc) is 2.39. The number of carboxylic acids is 1. The van der Waals surface area contributed by atoms with Crippen LogP contribution < -0.4 is 10.6 Å². The third-order valence-corrected chi connectivity index (χ3v) is 3.41. The molecule has 1 aromatic carbocycles. The molecule has 1 unspecified atom stereocenters. The van der Waals surface area contributed by atoms with Gasteiger partial charge in [-0.1, -0.05) is 12.1 Å². The zero-order valence-electron chi connectivity index (χ0n) is 10.9. The molecule has 1 heterocycles. The van der Waals surface area contributed by atoms with Gasteiger partial charge >= 0.3 is 5.97 Å². The maximum atomic E-state index is 11.3. The van der Waals surface area contributed by atoms with Crippen LogP contribution in [0.5, 0.6) is 0 Å². The van der Waals surface area contributed by atoms with Crippen LogP contribution in [0.2, 0.25) is 0 Å². The molecule has 0 radical (unpaired) electrons. The number of anilines is 1. The summed E-state index contributed by atoms with van der Waals surface area (Å²) in [6.07, 6.45) is 1.69. The first kappa shape index (κ1) is 13.5. The van der Waals surface area contributed by atoms with Gasteiger partial charge in [-0.05, 0) is 43.6 Å². The van der Waals surface area contributed by atoms with Crippen LogP contribution in [-0.4, -0.2) is 30.6 Å². The van der Waals surface area contributed by atoms with E-state index in [0.29, 0.717) is 25.8 Å². The normalized spacial score (nSPS) is 15.5. The van der Waals surface area contributed by atoms with Crippen LogP contribution in [-0.2, 0) is 16.0 Å². The van der Waals surface area contributed by atoms with E-state index in [4.69, 9.17) is 0 Å². The molecule has 1 aromatic rings. The molecule has 2 rings (SSSR count). The molecule has 0 aliphatic carbocycles. The molecule has 1 atom stereocenters. The van der Waals surface area contributed by atoms with Crippen LogP contribution in [0.25, 0.3) is 0 Å². The van der Waals surface area contributed by atoms with Gasteiger partial charge in [0.25, 0.3) is 0 Å². The molecule has 0 aromatic heterocycles. The second-order valence-electron chi connectivity index (χ2n) is 4.75. The number of benzene rings is 1. The molecule has 1 aliphatic heterocycles. The van der Waals surface area contributed by atoms with Crippen molar-refractivity contribution in [1.29, 1.82) is 0 Å². The van der Waals surface area contributed by atoms with E-state index in [9.17, 15) is 14.7 Å². The third-order valence-electron chi connectivity index (χ3n) is 3.41. The lowest BCUT2D eigenvalue weighted by Gasteiger charge is -2.20. The Bertz CT molecular complexity index is 499. The van der Waals surface area contributed by atoms with Gasteiger partial charge in [0.05, 0.1) is 5.92 Å². The van der Waals surface area contributed by atoms with Gasteiger partial charge in [0, 0.05) is 12.1 Å². The summed E-state index contributed by atoms with van der Waals surface area (Å²) in [6.45, 7) is 0.658. The van der Waals surface area contributed by atoms with Crippen LogP contribution in [0.1, 0.15) is 29.9 Å². The molecule has 0 fully saturated rings. The van der Waals surface area contributed by atoms with E-state index in [1.807, 2.05) is 6.07 Å². The van der Waals surface area contributed by atoms with Crippen molar-refractivity contribution in [2.75, 3.05) is 18.9 Å². The first-order chi connectivity index (χ1) is 9.11. The second kappa shape index (κ2) is 5.84. The van der Waals surface area contributed by atoms with Crippen LogP contribution >= 0.6 is 0 Å². The minimum Gasteiger partial charge on any atom is -0.481 e. The highest BCUT2D eigenvalue weighted by molar-refractivity contribution is 5.94. The number of hydrogen-bond donors (Lipinski definition) is 3. The van der Waals surface area contributed by atoms with E-state index < -0.39 is 11.9 Å². The Kier molecular flexibility index (Phi) is 4.16. The van der Waals surface area contributed by atoms with Gasteiger partial charge in [-0.25, -0.2) is 0 Å². The zero-order valence-corrected chi connectivity index (χ0v) is 10.9. The number of rotatable bonds is 5. The van der Waals surface area contributed by atoms with E-state index in [2.05, 4.69) is 10.6 Å². The van der Waals surface area contributed by atoms with E-state index in [1.165, 1.54) is 0 Å². The summed E-state index contributed by atoms with van der Waals surface area (Å²) in [4.78, 5) is 22.6. The SMILES string of the molecule is CNCCC(C(=O)O)c1ccc2c(c1)CCC(=O)N2. The van der Waals surface area contributed by atoms with Crippen molar-refractivity contribution in [3.8, 4) is 0 Å². The van der Waals surface area contributed by atoms with Crippen molar-refractivity contribution >= 4 is 17.6 Å². The summed E-state index contributed by atoms with van der Waals surface area (Å²) >= 11 is 0. The zero-order chi connectivity index (χ0) is 13.8. The summed E-state index contributed by atoms with van der Waals surface area (Å²) in [5, 5.41) is 15.1. The van der Waals surface area contributed by atoms with Gasteiger partial charge in [-0.15, -0.1) is 0 Å². The molecule has 5 heteroatoms. The fourth-order valence-corrected chi connectivity index (χ4v) is 2.34. The molecular formula is C14H18N2O3. The van der Waals surface area contributed by atoms with Gasteiger partial charge in [-0.3, -0.25) is 9.59 Å². The highest BCUT2D eigenvalue weighted by atomic mass is 16.4. The number of aryl methyl sites for hydroxylation is 1. The standard InChI is InChI=1S/C14H18N2O3/c1-15-7-6-11(14(18)19)9-2-4-12-10(8-9)3-5-13(17)16-12/h2,4,8,11,15H,3,5-7H2,1H3,(H,16,17)(H,18,19). The Balaban J connectivity index is 2.24. The molecule has 19 heavy (non-hydrogen) atoms. The minimum atomic E-state index is -0.810. The van der Waals surface area contributed by atoms with Crippen molar-refractivity contribution in [3.05, 3.63) is 29.3 Å². The molecule has 0 bridgehead atoms. The average molecular weight is 262 g/mol. The number of carbonyl (C=O) groups is 2. The van der Waals surface area contributed by atoms with Crippen LogP contribution in [0.15, 0.2) is 18.2 Å². The Labute approximate surface area is 112 Å². The second-order valence-corrected chi connectivity index (χ2v) is 4.75. The molecule has 1 aliphatic rings. The minimum absolute atomic E-state index is 0.0187. The van der Waals surface area contributed by atoms with Crippen molar-refractivity contribution in [2.24, 2.45) is 0 Å². The van der Waals surface area contributed by atoms with Crippen LogP contribution in [0, 0.1) is 0 Å². The first-order valence-corrected chi connectivity index (χ1v) is 6.42. The molecular weight excluding hydrogens is 244 g/mol. The predicted octanol–water partition coefficient (Wildman–Crippen LogP) is 1.35. The van der Waals surface area contributed by atoms with E-state index >= 15 is 0 Å². The number of fused-ring (bicyclic) bond motifs is 1. The highest BCUT2D eigenvalue weighted by Gasteiger charge is 2.22. The molecule has 102 valence electrons. The molecule has 3 N–H and O–H groups in total. The highest BCUT2D eigenvalue weighted by Crippen LogP contribution is 2.28. The lowest BCUT2D eigenvalue weighted by atomic mass is 9.91. The van der Waals surface area contributed by atoms with Gasteiger partial charge in [-0.2, -0.15) is 0 Å². The van der Waals surface area contributed by atoms with Gasteiger partial charge in [0.2, 0.25) is 5.91 Å². The van der Waals surface area contributed by atoms with Crippen molar-refractivity contribution < 1.29 is 14.7 Å². The number of carboxylic acid groups (broad SMARTS) is 1. The Hall–Kier alpha value is -1.88. The van der Waals surface area contributed by atoms with Gasteiger partial charge in [0.1, 0.15) is 0 Å². The predicted molar refractivity (Wildman–Crippen MR) is 72.3 cm³/mol. The monoisotopic (exact) mass is 262 g/mol. The molecule has 0 spiro atoms. The third kappa shape index (κ3) is 3.12. The largest absolute Gasteiger partial charge is 0.481 e. The molecule has 0 saturated heterocycles. The number of hydrogen-bond acceptors (Lipinski definition) is 3.